The quantitative estimate of drug-likeness (QED) is 0.487. The number of aliphatic carboxylic acids is 2. The van der Waals surface area contributed by atoms with E-state index in [0.29, 0.717) is 4.31 Å². The molecule has 0 spiro atoms. The molecule has 0 saturated carbocycles. The number of aliphatic hydroxyl groups is 1. The Kier molecular flexibility index (Phi) is 5.35. The van der Waals surface area contributed by atoms with E-state index in [-0.39, 0.29) is 0 Å². The number of carboxylic acid groups (broad SMARTS) is 2. The Morgan fingerprint density at radius 3 is 1.81 bits per heavy atom. The number of aliphatic hydroxyl groups excluding tert-OH is 1. The second-order valence-electron chi connectivity index (χ2n) is 3.18. The van der Waals surface area contributed by atoms with Gasteiger partial charge in [-0.25, -0.2) is 8.42 Å². The molecule has 0 radical (unpaired) electrons. The summed E-state index contributed by atoms with van der Waals surface area (Å²) in [6, 6.07) is 0. The third-order valence-electron chi connectivity index (χ3n) is 1.47. The van der Waals surface area contributed by atoms with Crippen molar-refractivity contribution >= 4 is 22.0 Å². The van der Waals surface area contributed by atoms with Gasteiger partial charge < -0.3 is 15.3 Å². The number of sulfonamides is 1. The molecular weight excluding hydrogens is 242 g/mol. The van der Waals surface area contributed by atoms with Gasteiger partial charge >= 0.3 is 11.9 Å². The molecule has 0 aliphatic heterocycles. The molecule has 0 saturated heterocycles. The molecular formula is C7H13NO7S. The lowest BCUT2D eigenvalue weighted by molar-refractivity contribution is -0.139. The van der Waals surface area contributed by atoms with Crippen molar-refractivity contribution in [3.8, 4) is 0 Å². The number of hydrogen-bond donors (Lipinski definition) is 3. The highest BCUT2D eigenvalue weighted by Crippen LogP contribution is 2.03. The van der Waals surface area contributed by atoms with E-state index in [0.717, 1.165) is 0 Å². The maximum atomic E-state index is 11.5. The van der Waals surface area contributed by atoms with E-state index in [9.17, 15) is 18.0 Å². The van der Waals surface area contributed by atoms with Crippen LogP contribution in [0.4, 0.5) is 0 Å². The summed E-state index contributed by atoms with van der Waals surface area (Å²) in [5, 5.41) is 25.8. The molecule has 8 nitrogen and oxygen atoms in total. The summed E-state index contributed by atoms with van der Waals surface area (Å²) in [5.41, 5.74) is 0. The lowest BCUT2D eigenvalue weighted by atomic mass is 10.5. The molecule has 0 aromatic carbocycles. The first-order valence-electron chi connectivity index (χ1n) is 4.24. The van der Waals surface area contributed by atoms with Crippen LogP contribution < -0.4 is 0 Å². The molecule has 16 heavy (non-hydrogen) atoms. The SMILES string of the molecule is CC(O)CS(=O)(=O)N(CC(=O)O)CC(=O)O. The van der Waals surface area contributed by atoms with Crippen molar-refractivity contribution < 1.29 is 33.3 Å². The highest BCUT2D eigenvalue weighted by molar-refractivity contribution is 7.89. The topological polar surface area (TPSA) is 132 Å². The van der Waals surface area contributed by atoms with E-state index >= 15 is 0 Å². The molecule has 0 rings (SSSR count). The summed E-state index contributed by atoms with van der Waals surface area (Å²) < 4.78 is 23.2. The van der Waals surface area contributed by atoms with Crippen LogP contribution in [0, 0.1) is 0 Å². The van der Waals surface area contributed by atoms with Crippen molar-refractivity contribution in [3.63, 3.8) is 0 Å². The van der Waals surface area contributed by atoms with Crippen molar-refractivity contribution in [2.45, 2.75) is 13.0 Å². The van der Waals surface area contributed by atoms with Gasteiger partial charge in [0, 0.05) is 0 Å². The Bertz CT molecular complexity index is 345. The normalized spacial score (nSPS) is 13.7. The fourth-order valence-corrected chi connectivity index (χ4v) is 2.40. The molecule has 0 aromatic rings. The molecule has 0 aromatic heterocycles. The molecule has 1 unspecified atom stereocenters. The number of nitrogens with zero attached hydrogens (tertiary/aromatic N) is 1. The third kappa shape index (κ3) is 5.63. The zero-order valence-corrected chi connectivity index (χ0v) is 9.35. The largest absolute Gasteiger partial charge is 0.480 e. The fraction of sp³-hybridized carbons (Fsp3) is 0.714. The van der Waals surface area contributed by atoms with Crippen molar-refractivity contribution in [2.24, 2.45) is 0 Å². The molecule has 3 N–H and O–H groups in total. The highest BCUT2D eigenvalue weighted by atomic mass is 32.2. The van der Waals surface area contributed by atoms with Crippen molar-refractivity contribution in [1.82, 2.24) is 4.31 Å². The molecule has 0 heterocycles. The maximum Gasteiger partial charge on any atom is 0.318 e. The first kappa shape index (κ1) is 14.8. The Labute approximate surface area is 92.2 Å². The zero-order chi connectivity index (χ0) is 12.9. The fourth-order valence-electron chi connectivity index (χ4n) is 0.965. The van der Waals surface area contributed by atoms with E-state index in [2.05, 4.69) is 0 Å². The minimum Gasteiger partial charge on any atom is -0.480 e. The van der Waals surface area contributed by atoms with E-state index in [1.807, 2.05) is 0 Å². The molecule has 94 valence electrons. The predicted molar refractivity (Wildman–Crippen MR) is 52.3 cm³/mol. The van der Waals surface area contributed by atoms with Gasteiger partial charge in [-0.1, -0.05) is 0 Å². The van der Waals surface area contributed by atoms with Crippen LogP contribution in [0.1, 0.15) is 6.92 Å². The first-order chi connectivity index (χ1) is 7.15. The lowest BCUT2D eigenvalue weighted by Crippen LogP contribution is -2.42. The number of hydrogen-bond acceptors (Lipinski definition) is 5. The summed E-state index contributed by atoms with van der Waals surface area (Å²) in [7, 11) is -4.09. The molecule has 0 amide bonds. The van der Waals surface area contributed by atoms with Gasteiger partial charge in [0.1, 0.15) is 13.1 Å². The molecule has 9 heteroatoms. The Balaban J connectivity index is 4.86. The Hall–Kier alpha value is -1.19. The maximum absolute atomic E-state index is 11.5. The second kappa shape index (κ2) is 5.77. The third-order valence-corrected chi connectivity index (χ3v) is 3.42. The summed E-state index contributed by atoms with van der Waals surface area (Å²) >= 11 is 0. The van der Waals surface area contributed by atoms with Crippen LogP contribution in [0.25, 0.3) is 0 Å². The summed E-state index contributed by atoms with van der Waals surface area (Å²) in [4.78, 5) is 20.7. The van der Waals surface area contributed by atoms with Gasteiger partial charge in [0.05, 0.1) is 11.9 Å². The van der Waals surface area contributed by atoms with Crippen LogP contribution in [0.15, 0.2) is 0 Å². The summed E-state index contributed by atoms with van der Waals surface area (Å²) in [6.07, 6.45) is -1.20. The van der Waals surface area contributed by atoms with Crippen LogP contribution in [0.2, 0.25) is 0 Å². The second-order valence-corrected chi connectivity index (χ2v) is 5.20. The molecule has 0 aliphatic rings. The molecule has 0 fully saturated rings. The summed E-state index contributed by atoms with van der Waals surface area (Å²) in [5.74, 6) is -3.64. The van der Waals surface area contributed by atoms with Crippen LogP contribution in [0.5, 0.6) is 0 Å². The predicted octanol–water partition coefficient (Wildman–Crippen LogP) is -1.83. The van der Waals surface area contributed by atoms with Crippen molar-refractivity contribution in [2.75, 3.05) is 18.8 Å². The van der Waals surface area contributed by atoms with E-state index in [1.165, 1.54) is 6.92 Å². The molecule has 1 atom stereocenters. The van der Waals surface area contributed by atoms with Gasteiger partial charge in [0.25, 0.3) is 0 Å². The minimum atomic E-state index is -4.09. The number of carbonyl (C=O) groups is 2. The van der Waals surface area contributed by atoms with Crippen molar-refractivity contribution in [1.29, 1.82) is 0 Å². The lowest BCUT2D eigenvalue weighted by Gasteiger charge is -2.18. The molecule has 0 aliphatic carbocycles. The van der Waals surface area contributed by atoms with Crippen LogP contribution in [0.3, 0.4) is 0 Å². The van der Waals surface area contributed by atoms with Crippen LogP contribution >= 0.6 is 0 Å². The van der Waals surface area contributed by atoms with Crippen LogP contribution in [-0.2, 0) is 19.6 Å². The number of rotatable bonds is 7. The van der Waals surface area contributed by atoms with E-state index in [4.69, 9.17) is 15.3 Å². The van der Waals surface area contributed by atoms with Crippen LogP contribution in [-0.4, -0.2) is 64.9 Å². The Morgan fingerprint density at radius 1 is 1.19 bits per heavy atom. The Morgan fingerprint density at radius 2 is 1.56 bits per heavy atom. The van der Waals surface area contributed by atoms with Gasteiger partial charge in [0.2, 0.25) is 10.0 Å². The average Bonchev–Trinajstić information content (AvgIpc) is 1.98. The smallest absolute Gasteiger partial charge is 0.318 e. The first-order valence-corrected chi connectivity index (χ1v) is 5.85. The van der Waals surface area contributed by atoms with Gasteiger partial charge in [-0.15, -0.1) is 0 Å². The van der Waals surface area contributed by atoms with E-state index in [1.54, 1.807) is 0 Å². The van der Waals surface area contributed by atoms with E-state index < -0.39 is 46.9 Å². The number of carboxylic acids is 2. The van der Waals surface area contributed by atoms with Gasteiger partial charge in [-0.05, 0) is 6.92 Å². The van der Waals surface area contributed by atoms with Crippen molar-refractivity contribution in [3.05, 3.63) is 0 Å². The summed E-state index contributed by atoms with van der Waals surface area (Å²) in [6.45, 7) is -0.681. The van der Waals surface area contributed by atoms with Gasteiger partial charge in [-0.3, -0.25) is 9.59 Å². The zero-order valence-electron chi connectivity index (χ0n) is 8.53. The molecule has 0 bridgehead atoms. The minimum absolute atomic E-state index is 0.296. The van der Waals surface area contributed by atoms with Gasteiger partial charge in [0.15, 0.2) is 0 Å². The monoisotopic (exact) mass is 255 g/mol. The van der Waals surface area contributed by atoms with Gasteiger partial charge in [-0.2, -0.15) is 4.31 Å². The average molecular weight is 255 g/mol. The highest BCUT2D eigenvalue weighted by Gasteiger charge is 2.27. The standard InChI is InChI=1S/C7H13NO7S/c1-5(9)4-16(14,15)8(2-6(10)11)3-7(12)13/h5,9H,2-4H2,1H3,(H,10,11)(H,12,13).